The summed E-state index contributed by atoms with van der Waals surface area (Å²) < 4.78 is 2.39. The van der Waals surface area contributed by atoms with Crippen LogP contribution in [0.25, 0.3) is 44.2 Å². The van der Waals surface area contributed by atoms with Gasteiger partial charge in [0.15, 0.2) is 0 Å². The van der Waals surface area contributed by atoms with Crippen molar-refractivity contribution in [1.29, 1.82) is 0 Å². The smallest absolute Gasteiger partial charge is 0.0679 e. The van der Waals surface area contributed by atoms with Gasteiger partial charge in [-0.3, -0.25) is 0 Å². The molecular formula is C56H42N2. The molecular weight excluding hydrogens is 701 g/mol. The van der Waals surface area contributed by atoms with Gasteiger partial charge in [-0.25, -0.2) is 0 Å². The Morgan fingerprint density at radius 3 is 1.72 bits per heavy atom. The lowest BCUT2D eigenvalue weighted by molar-refractivity contribution is 0.583. The largest absolute Gasteiger partial charge is 0.310 e. The highest BCUT2D eigenvalue weighted by Crippen LogP contribution is 2.59. The van der Waals surface area contributed by atoms with E-state index in [1.54, 1.807) is 0 Å². The van der Waals surface area contributed by atoms with Gasteiger partial charge in [0.1, 0.15) is 0 Å². The van der Waals surface area contributed by atoms with E-state index in [0.717, 1.165) is 29.2 Å². The summed E-state index contributed by atoms with van der Waals surface area (Å²) in [5.41, 5.74) is 17.1. The Labute approximate surface area is 340 Å². The number of nitrogens with zero attached hydrogens (tertiary/aromatic N) is 2. The first-order valence-corrected chi connectivity index (χ1v) is 20.4. The molecule has 0 fully saturated rings. The lowest BCUT2D eigenvalue weighted by Gasteiger charge is -2.39. The van der Waals surface area contributed by atoms with E-state index in [1.807, 2.05) is 0 Å². The molecule has 9 aromatic rings. The molecule has 0 amide bonds. The van der Waals surface area contributed by atoms with Crippen molar-refractivity contribution in [1.82, 2.24) is 4.57 Å². The topological polar surface area (TPSA) is 8.17 Å². The molecule has 1 aromatic heterocycles. The molecule has 2 aliphatic rings. The summed E-state index contributed by atoms with van der Waals surface area (Å²) in [7, 11) is 0. The zero-order valence-electron chi connectivity index (χ0n) is 32.5. The van der Waals surface area contributed by atoms with Gasteiger partial charge in [-0.2, -0.15) is 0 Å². The Bertz CT molecular complexity index is 2970. The van der Waals surface area contributed by atoms with Crippen LogP contribution >= 0.6 is 0 Å². The predicted molar refractivity (Wildman–Crippen MR) is 244 cm³/mol. The summed E-state index contributed by atoms with van der Waals surface area (Å²) in [6.45, 7) is 2.40. The Kier molecular flexibility index (Phi) is 8.11. The summed E-state index contributed by atoms with van der Waals surface area (Å²) in [5.74, 6) is 0.398. The second kappa shape index (κ2) is 13.8. The Hall–Kier alpha value is -7.16. The summed E-state index contributed by atoms with van der Waals surface area (Å²) in [4.78, 5) is 2.43. The molecule has 11 rings (SSSR count). The summed E-state index contributed by atoms with van der Waals surface area (Å²) in [5, 5.41) is 2.53. The lowest BCUT2D eigenvalue weighted by atomic mass is 9.63. The SMILES string of the molecule is CC1CC=CC2=C1C(c1ccccc1)(c1ccc(N(c3ccc(-n4c5ccccc5c5ccccc54)cc3)c3ccccc3-c3ccccc3)cc1)c1ccccc12. The molecule has 2 atom stereocenters. The van der Waals surface area contributed by atoms with Gasteiger partial charge in [-0.05, 0) is 106 Å². The van der Waals surface area contributed by atoms with Crippen molar-refractivity contribution < 1.29 is 0 Å². The van der Waals surface area contributed by atoms with E-state index in [2.05, 4.69) is 235 Å². The van der Waals surface area contributed by atoms with E-state index >= 15 is 0 Å². The van der Waals surface area contributed by atoms with Crippen LogP contribution in [-0.4, -0.2) is 4.57 Å². The van der Waals surface area contributed by atoms with E-state index in [9.17, 15) is 0 Å². The van der Waals surface area contributed by atoms with Crippen molar-refractivity contribution in [2.75, 3.05) is 4.90 Å². The number of fused-ring (bicyclic) bond motifs is 5. The monoisotopic (exact) mass is 742 g/mol. The number of anilines is 3. The third kappa shape index (κ3) is 5.18. The first-order valence-electron chi connectivity index (χ1n) is 20.4. The van der Waals surface area contributed by atoms with Crippen LogP contribution in [0.15, 0.2) is 224 Å². The number of para-hydroxylation sites is 3. The molecule has 0 bridgehead atoms. The molecule has 0 saturated heterocycles. The maximum Gasteiger partial charge on any atom is 0.0679 e. The number of hydrogen-bond donors (Lipinski definition) is 0. The van der Waals surface area contributed by atoms with Crippen molar-refractivity contribution in [2.24, 2.45) is 5.92 Å². The molecule has 0 radical (unpaired) electrons. The zero-order chi connectivity index (χ0) is 38.6. The normalized spacial score (nSPS) is 17.1. The molecule has 1 heterocycles. The van der Waals surface area contributed by atoms with E-state index in [1.165, 1.54) is 66.3 Å². The number of allylic oxidation sites excluding steroid dienone is 4. The molecule has 0 aliphatic heterocycles. The Morgan fingerprint density at radius 2 is 1.03 bits per heavy atom. The maximum atomic E-state index is 2.43. The van der Waals surface area contributed by atoms with Crippen LogP contribution in [0, 0.1) is 5.92 Å². The summed E-state index contributed by atoms with van der Waals surface area (Å²) in [6, 6.07) is 75.8. The van der Waals surface area contributed by atoms with Crippen molar-refractivity contribution in [3.05, 3.63) is 246 Å². The van der Waals surface area contributed by atoms with Crippen LogP contribution in [0.1, 0.15) is 35.6 Å². The third-order valence-corrected chi connectivity index (χ3v) is 12.5. The summed E-state index contributed by atoms with van der Waals surface area (Å²) in [6.07, 6.45) is 5.77. The van der Waals surface area contributed by atoms with Crippen molar-refractivity contribution in [2.45, 2.75) is 18.8 Å². The molecule has 58 heavy (non-hydrogen) atoms. The van der Waals surface area contributed by atoms with Crippen LogP contribution in [0.5, 0.6) is 0 Å². The standard InChI is InChI=1S/C56H42N2/c1-39-17-16-26-50-47-23-8-12-27-51(47)56(55(39)50,41-20-6-3-7-21-41)42-31-33-43(34-32-42)57(52-28-13-9-22-46(52)40-18-4-2-5-19-40)44-35-37-45(38-36-44)58-53-29-14-10-24-48(53)49-25-11-15-30-54(49)58/h2-16,18-39H,17H2,1H3. The molecule has 276 valence electrons. The number of aromatic nitrogens is 1. The van der Waals surface area contributed by atoms with Gasteiger partial charge in [-0.15, -0.1) is 0 Å². The lowest BCUT2D eigenvalue weighted by Crippen LogP contribution is -2.33. The highest BCUT2D eigenvalue weighted by atomic mass is 15.1. The molecule has 0 saturated carbocycles. The fourth-order valence-corrected chi connectivity index (χ4v) is 10.1. The number of rotatable bonds is 7. The van der Waals surface area contributed by atoms with Crippen molar-refractivity contribution in [3.63, 3.8) is 0 Å². The highest BCUT2D eigenvalue weighted by Gasteiger charge is 2.49. The minimum Gasteiger partial charge on any atom is -0.310 e. The molecule has 0 N–H and O–H groups in total. The Balaban J connectivity index is 1.09. The van der Waals surface area contributed by atoms with E-state index in [0.29, 0.717) is 5.92 Å². The fraction of sp³-hybridized carbons (Fsp3) is 0.0714. The van der Waals surface area contributed by atoms with Crippen LogP contribution in [0.2, 0.25) is 0 Å². The fourth-order valence-electron chi connectivity index (χ4n) is 10.1. The van der Waals surface area contributed by atoms with E-state index in [4.69, 9.17) is 0 Å². The first kappa shape index (κ1) is 34.1. The minimum atomic E-state index is -0.396. The third-order valence-electron chi connectivity index (χ3n) is 12.5. The van der Waals surface area contributed by atoms with Crippen LogP contribution in [0.4, 0.5) is 17.1 Å². The predicted octanol–water partition coefficient (Wildman–Crippen LogP) is 14.6. The molecule has 2 aliphatic carbocycles. The van der Waals surface area contributed by atoms with Gasteiger partial charge in [0.2, 0.25) is 0 Å². The maximum absolute atomic E-state index is 2.43. The Morgan fingerprint density at radius 1 is 0.500 bits per heavy atom. The minimum absolute atomic E-state index is 0.396. The zero-order valence-corrected chi connectivity index (χ0v) is 32.5. The highest BCUT2D eigenvalue weighted by molar-refractivity contribution is 6.09. The number of benzene rings is 8. The summed E-state index contributed by atoms with van der Waals surface area (Å²) >= 11 is 0. The van der Waals surface area contributed by atoms with Gasteiger partial charge in [0.05, 0.1) is 22.1 Å². The van der Waals surface area contributed by atoms with E-state index < -0.39 is 5.41 Å². The van der Waals surface area contributed by atoms with Gasteiger partial charge < -0.3 is 9.47 Å². The molecule has 2 unspecified atom stereocenters. The molecule has 0 spiro atoms. The second-order valence-corrected chi connectivity index (χ2v) is 15.7. The van der Waals surface area contributed by atoms with Gasteiger partial charge >= 0.3 is 0 Å². The molecule has 2 nitrogen and oxygen atoms in total. The average Bonchev–Trinajstić information content (AvgIpc) is 3.80. The van der Waals surface area contributed by atoms with Crippen molar-refractivity contribution in [3.8, 4) is 16.8 Å². The van der Waals surface area contributed by atoms with Crippen LogP contribution < -0.4 is 4.90 Å². The van der Waals surface area contributed by atoms with Crippen molar-refractivity contribution >= 4 is 44.4 Å². The molecule has 2 heteroatoms. The van der Waals surface area contributed by atoms with Crippen LogP contribution in [-0.2, 0) is 5.41 Å². The second-order valence-electron chi connectivity index (χ2n) is 15.7. The van der Waals surface area contributed by atoms with Gasteiger partial charge in [-0.1, -0.05) is 171 Å². The van der Waals surface area contributed by atoms with Gasteiger partial charge in [0, 0.05) is 33.4 Å². The van der Waals surface area contributed by atoms with E-state index in [-0.39, 0.29) is 0 Å². The van der Waals surface area contributed by atoms with Gasteiger partial charge in [0.25, 0.3) is 0 Å². The number of hydrogen-bond acceptors (Lipinski definition) is 1. The van der Waals surface area contributed by atoms with Crippen LogP contribution in [0.3, 0.4) is 0 Å². The molecule has 8 aromatic carbocycles. The first-order chi connectivity index (χ1) is 28.7. The average molecular weight is 743 g/mol. The quantitative estimate of drug-likeness (QED) is 0.158.